The van der Waals surface area contributed by atoms with E-state index in [1.165, 1.54) is 44.1 Å². The molecule has 2 saturated carbocycles. The van der Waals surface area contributed by atoms with Crippen LogP contribution in [-0.4, -0.2) is 23.8 Å². The van der Waals surface area contributed by atoms with Gasteiger partial charge in [-0.2, -0.15) is 0 Å². The Kier molecular flexibility index (Phi) is 6.28. The number of ether oxygens (including phenoxy) is 1. The van der Waals surface area contributed by atoms with Gasteiger partial charge in [-0.1, -0.05) is 87.1 Å². The lowest BCUT2D eigenvalue weighted by Crippen LogP contribution is -2.42. The van der Waals surface area contributed by atoms with Gasteiger partial charge in [0.1, 0.15) is 12.5 Å². The highest BCUT2D eigenvalue weighted by atomic mass is 31.2. The zero-order valence-corrected chi connectivity index (χ0v) is 18.2. The van der Waals surface area contributed by atoms with Crippen LogP contribution in [0.2, 0.25) is 0 Å². The van der Waals surface area contributed by atoms with Crippen LogP contribution in [0.15, 0.2) is 48.6 Å². The van der Waals surface area contributed by atoms with Crippen molar-refractivity contribution in [3.05, 3.63) is 54.1 Å². The summed E-state index contributed by atoms with van der Waals surface area (Å²) < 4.78 is 21.9. The molecule has 1 atom stereocenters. The summed E-state index contributed by atoms with van der Waals surface area (Å²) in [6.45, 7) is 0. The first-order chi connectivity index (χ1) is 13.7. The molecule has 0 N–H and O–H groups in total. The molecule has 2 nitrogen and oxygen atoms in total. The van der Waals surface area contributed by atoms with Crippen LogP contribution in [0.5, 0.6) is 0 Å². The largest absolute Gasteiger partial charge is 0.365 e. The Labute approximate surface area is 170 Å². The molecule has 1 unspecified atom stereocenters. The molecule has 3 aliphatic rings. The van der Waals surface area contributed by atoms with Crippen molar-refractivity contribution in [1.29, 1.82) is 0 Å². The van der Waals surface area contributed by atoms with Crippen molar-refractivity contribution in [3.63, 3.8) is 0 Å². The maximum Gasteiger partial charge on any atom is 0.150 e. The van der Waals surface area contributed by atoms with Crippen molar-refractivity contribution in [3.8, 4) is 0 Å². The van der Waals surface area contributed by atoms with Gasteiger partial charge < -0.3 is 9.30 Å². The second-order valence-corrected chi connectivity index (χ2v) is 12.5. The van der Waals surface area contributed by atoms with Gasteiger partial charge in [-0.3, -0.25) is 0 Å². The van der Waals surface area contributed by atoms with Crippen LogP contribution in [0.25, 0.3) is 5.57 Å². The highest BCUT2D eigenvalue weighted by molar-refractivity contribution is 7.67. The molecular formula is C25H35O2P. The van der Waals surface area contributed by atoms with E-state index in [0.29, 0.717) is 11.3 Å². The summed E-state index contributed by atoms with van der Waals surface area (Å²) in [6.07, 6.45) is 19.2. The van der Waals surface area contributed by atoms with Gasteiger partial charge >= 0.3 is 0 Å². The van der Waals surface area contributed by atoms with Crippen molar-refractivity contribution in [2.45, 2.75) is 87.3 Å². The van der Waals surface area contributed by atoms with Crippen molar-refractivity contribution < 1.29 is 9.30 Å². The van der Waals surface area contributed by atoms with Gasteiger partial charge in [-0.25, -0.2) is 0 Å². The number of hydrogen-bond donors (Lipinski definition) is 0. The van der Waals surface area contributed by atoms with Gasteiger partial charge in [0.15, 0.2) is 0 Å². The van der Waals surface area contributed by atoms with Gasteiger partial charge in [-0.15, -0.1) is 0 Å². The van der Waals surface area contributed by atoms with Crippen molar-refractivity contribution in [1.82, 2.24) is 0 Å². The molecule has 0 spiro atoms. The average molecular weight is 399 g/mol. The zero-order valence-electron chi connectivity index (χ0n) is 17.3. The number of allylic oxidation sites excluding steroid dienone is 2. The summed E-state index contributed by atoms with van der Waals surface area (Å²) in [5, 5.41) is -0.660. The van der Waals surface area contributed by atoms with Crippen molar-refractivity contribution >= 4 is 12.7 Å². The van der Waals surface area contributed by atoms with E-state index in [4.69, 9.17) is 4.74 Å². The van der Waals surface area contributed by atoms with Crippen LogP contribution in [0.4, 0.5) is 0 Å². The summed E-state index contributed by atoms with van der Waals surface area (Å²) in [4.78, 5) is 0. The number of benzene rings is 1. The van der Waals surface area contributed by atoms with E-state index in [9.17, 15) is 0 Å². The Morgan fingerprint density at radius 1 is 0.893 bits per heavy atom. The molecular weight excluding hydrogens is 363 g/mol. The van der Waals surface area contributed by atoms with Gasteiger partial charge in [0.2, 0.25) is 0 Å². The molecule has 0 aromatic heterocycles. The normalized spacial score (nSPS) is 27.5. The van der Waals surface area contributed by atoms with Crippen LogP contribution in [-0.2, 0) is 9.30 Å². The Morgan fingerprint density at radius 3 is 2.00 bits per heavy atom. The zero-order chi connectivity index (χ0) is 19.5. The van der Waals surface area contributed by atoms with E-state index in [2.05, 4.69) is 48.6 Å². The fourth-order valence-corrected chi connectivity index (χ4v) is 11.4. The first-order valence-electron chi connectivity index (χ1n) is 11.3. The quantitative estimate of drug-likeness (QED) is 0.483. The maximum atomic E-state index is 15.4. The van der Waals surface area contributed by atoms with Crippen LogP contribution in [0, 0.1) is 0 Å². The van der Waals surface area contributed by atoms with Gasteiger partial charge in [0.05, 0.1) is 0 Å². The van der Waals surface area contributed by atoms with Crippen LogP contribution in [0.3, 0.4) is 0 Å². The minimum Gasteiger partial charge on any atom is -0.365 e. The molecule has 0 aliphatic heterocycles. The third kappa shape index (κ3) is 3.37. The van der Waals surface area contributed by atoms with E-state index in [1.54, 1.807) is 0 Å². The van der Waals surface area contributed by atoms with Crippen LogP contribution in [0.1, 0.15) is 76.2 Å². The fraction of sp³-hybridized carbons (Fsp3) is 0.600. The van der Waals surface area contributed by atoms with E-state index >= 15 is 4.57 Å². The third-order valence-electron chi connectivity index (χ3n) is 7.44. The minimum atomic E-state index is -2.64. The summed E-state index contributed by atoms with van der Waals surface area (Å²) in [6, 6.07) is 10.5. The Hall–Kier alpha value is -1.11. The molecule has 3 heteroatoms. The summed E-state index contributed by atoms with van der Waals surface area (Å²) in [7, 11) is -0.826. The Morgan fingerprint density at radius 2 is 1.46 bits per heavy atom. The maximum absolute atomic E-state index is 15.4. The highest BCUT2D eigenvalue weighted by Crippen LogP contribution is 2.75. The second-order valence-electron chi connectivity index (χ2n) is 8.86. The van der Waals surface area contributed by atoms with E-state index in [-0.39, 0.29) is 0 Å². The fourth-order valence-electron chi connectivity index (χ4n) is 6.06. The molecule has 28 heavy (non-hydrogen) atoms. The topological polar surface area (TPSA) is 26.3 Å². The lowest BCUT2D eigenvalue weighted by molar-refractivity contribution is 0.105. The average Bonchev–Trinajstić information content (AvgIpc) is 2.80. The molecule has 3 aliphatic carbocycles. The molecule has 152 valence electrons. The monoisotopic (exact) mass is 398 g/mol. The lowest BCUT2D eigenvalue weighted by atomic mass is 9.93. The SMILES string of the molecule is COC1(P(=O)(C2CCCCC2)C2CCCCC2)CC=CC=C1c1ccccc1. The molecule has 0 saturated heterocycles. The van der Waals surface area contributed by atoms with E-state index in [1.807, 2.05) is 7.11 Å². The molecule has 1 aromatic rings. The third-order valence-corrected chi connectivity index (χ3v) is 12.4. The van der Waals surface area contributed by atoms with Crippen molar-refractivity contribution in [2.24, 2.45) is 0 Å². The minimum absolute atomic E-state index is 0.322. The summed E-state index contributed by atoms with van der Waals surface area (Å²) >= 11 is 0. The van der Waals surface area contributed by atoms with E-state index in [0.717, 1.165) is 37.7 Å². The summed E-state index contributed by atoms with van der Waals surface area (Å²) in [5.41, 5.74) is 2.96. The molecule has 4 rings (SSSR count). The standard InChI is InChI=1S/C25H35O2P/c1-27-25(20-12-11-19-24(25)21-13-5-2-6-14-21)28(26,22-15-7-3-8-16-22)23-17-9-4-10-18-23/h2,5-6,11-14,19,22-23H,3-4,7-10,15-18,20H2,1H3. The van der Waals surface area contributed by atoms with Gasteiger partial charge in [-0.05, 0) is 36.8 Å². The number of rotatable bonds is 5. The molecule has 0 heterocycles. The highest BCUT2D eigenvalue weighted by Gasteiger charge is 2.58. The first kappa shape index (κ1) is 20.2. The molecule has 0 amide bonds. The van der Waals surface area contributed by atoms with Gasteiger partial charge in [0, 0.05) is 24.8 Å². The smallest absolute Gasteiger partial charge is 0.150 e. The molecule has 1 aromatic carbocycles. The lowest BCUT2D eigenvalue weighted by Gasteiger charge is -2.50. The Bertz CT molecular complexity index is 732. The number of hydrogen-bond acceptors (Lipinski definition) is 2. The Balaban J connectivity index is 1.85. The molecule has 0 bridgehead atoms. The van der Waals surface area contributed by atoms with Crippen LogP contribution < -0.4 is 0 Å². The second kappa shape index (κ2) is 8.72. The predicted octanol–water partition coefficient (Wildman–Crippen LogP) is 7.40. The van der Waals surface area contributed by atoms with Crippen LogP contribution >= 0.6 is 7.14 Å². The summed E-state index contributed by atoms with van der Waals surface area (Å²) in [5.74, 6) is 0. The first-order valence-corrected chi connectivity index (χ1v) is 13.1. The van der Waals surface area contributed by atoms with Gasteiger partial charge in [0.25, 0.3) is 0 Å². The van der Waals surface area contributed by atoms with Crippen molar-refractivity contribution in [2.75, 3.05) is 7.11 Å². The molecule has 0 radical (unpaired) electrons. The number of methoxy groups -OCH3 is 1. The van der Waals surface area contributed by atoms with E-state index < -0.39 is 12.5 Å². The molecule has 2 fully saturated rings. The predicted molar refractivity (Wildman–Crippen MR) is 119 cm³/mol.